The molecule has 0 spiro atoms. The molecule has 5 nitrogen and oxygen atoms in total. The molecule has 0 aliphatic heterocycles. The van der Waals surface area contributed by atoms with E-state index in [2.05, 4.69) is 17.5 Å². The maximum atomic E-state index is 10.5. The van der Waals surface area contributed by atoms with Crippen molar-refractivity contribution < 1.29 is 18.9 Å². The van der Waals surface area contributed by atoms with Crippen LogP contribution in [0.2, 0.25) is 0 Å². The third kappa shape index (κ3) is 19.9. The van der Waals surface area contributed by atoms with E-state index >= 15 is 0 Å². The van der Waals surface area contributed by atoms with Crippen molar-refractivity contribution in [3.63, 3.8) is 0 Å². The Morgan fingerprint density at radius 3 is 1.92 bits per heavy atom. The molecule has 0 saturated heterocycles. The summed E-state index contributed by atoms with van der Waals surface area (Å²) in [7, 11) is -4.40. The summed E-state index contributed by atoms with van der Waals surface area (Å²) in [5, 5.41) is 0. The van der Waals surface area contributed by atoms with Gasteiger partial charge < -0.3 is 15.5 Å². The summed E-state index contributed by atoms with van der Waals surface area (Å²) in [5.74, 6) is 0. The number of rotatable bonds is 17. The zero-order valence-corrected chi connectivity index (χ0v) is 16.3. The van der Waals surface area contributed by atoms with Crippen LogP contribution in [0.5, 0.6) is 0 Å². The second-order valence-corrected chi connectivity index (χ2v) is 7.82. The molecule has 0 fully saturated rings. The predicted molar refractivity (Wildman–Crippen MR) is 101 cm³/mol. The van der Waals surface area contributed by atoms with E-state index in [9.17, 15) is 4.57 Å². The highest BCUT2D eigenvalue weighted by Gasteiger charge is 2.15. The molecular formula is C18H38NO4P. The molecule has 0 rings (SSSR count). The van der Waals surface area contributed by atoms with Crippen LogP contribution in [0.3, 0.4) is 0 Å². The number of allylic oxidation sites excluding steroid dienone is 1. The fourth-order valence-electron chi connectivity index (χ4n) is 2.58. The Hall–Kier alpha value is -0.190. The summed E-state index contributed by atoms with van der Waals surface area (Å²) in [6.07, 6.45) is 20.5. The minimum atomic E-state index is -4.40. The first-order chi connectivity index (χ1) is 11.5. The van der Waals surface area contributed by atoms with Crippen LogP contribution in [0.4, 0.5) is 0 Å². The van der Waals surface area contributed by atoms with Crippen molar-refractivity contribution in [1.82, 2.24) is 0 Å². The van der Waals surface area contributed by atoms with Crippen molar-refractivity contribution in [3.8, 4) is 0 Å². The van der Waals surface area contributed by atoms with Crippen molar-refractivity contribution in [2.75, 3.05) is 6.61 Å². The van der Waals surface area contributed by atoms with Gasteiger partial charge in [-0.25, -0.2) is 4.57 Å². The molecule has 24 heavy (non-hydrogen) atoms. The van der Waals surface area contributed by atoms with Gasteiger partial charge in [0.1, 0.15) is 0 Å². The molecule has 0 heterocycles. The Morgan fingerprint density at radius 1 is 0.917 bits per heavy atom. The summed E-state index contributed by atoms with van der Waals surface area (Å²) in [4.78, 5) is 17.2. The van der Waals surface area contributed by atoms with Gasteiger partial charge in [-0.05, 0) is 19.3 Å². The van der Waals surface area contributed by atoms with Crippen LogP contribution in [0.1, 0.15) is 90.4 Å². The smallest absolute Gasteiger partial charge is 0.325 e. The first kappa shape index (κ1) is 23.8. The SMILES string of the molecule is CCCCCCCCCCCCC/C=C/C[C@@H](N)COP(=O)(O)O. The Balaban J connectivity index is 3.27. The molecule has 0 saturated carbocycles. The highest BCUT2D eigenvalue weighted by Crippen LogP contribution is 2.35. The minimum absolute atomic E-state index is 0.118. The third-order valence-corrected chi connectivity index (χ3v) is 4.52. The topological polar surface area (TPSA) is 92.8 Å². The summed E-state index contributed by atoms with van der Waals surface area (Å²) in [6, 6.07) is -0.369. The summed E-state index contributed by atoms with van der Waals surface area (Å²) < 4.78 is 14.9. The molecule has 0 unspecified atom stereocenters. The summed E-state index contributed by atoms with van der Waals surface area (Å²) in [5.41, 5.74) is 5.71. The Bertz CT molecular complexity index is 344. The van der Waals surface area contributed by atoms with Crippen molar-refractivity contribution in [3.05, 3.63) is 12.2 Å². The fraction of sp³-hybridized carbons (Fsp3) is 0.889. The van der Waals surface area contributed by atoms with Crippen LogP contribution in [-0.4, -0.2) is 22.4 Å². The lowest BCUT2D eigenvalue weighted by atomic mass is 10.1. The number of phosphoric acid groups is 1. The van der Waals surface area contributed by atoms with Crippen molar-refractivity contribution >= 4 is 7.82 Å². The van der Waals surface area contributed by atoms with Gasteiger partial charge in [0.05, 0.1) is 6.61 Å². The molecule has 144 valence electrons. The van der Waals surface area contributed by atoms with E-state index < -0.39 is 7.82 Å². The maximum absolute atomic E-state index is 10.5. The normalized spacial score (nSPS) is 13.7. The largest absolute Gasteiger partial charge is 0.469 e. The number of unbranched alkanes of at least 4 members (excludes halogenated alkanes) is 11. The molecular weight excluding hydrogens is 325 g/mol. The molecule has 4 N–H and O–H groups in total. The number of nitrogens with two attached hydrogens (primary N) is 1. The molecule has 0 amide bonds. The van der Waals surface area contributed by atoms with E-state index in [0.29, 0.717) is 6.42 Å². The highest BCUT2D eigenvalue weighted by atomic mass is 31.2. The van der Waals surface area contributed by atoms with E-state index in [0.717, 1.165) is 6.42 Å². The van der Waals surface area contributed by atoms with E-state index in [4.69, 9.17) is 15.5 Å². The van der Waals surface area contributed by atoms with Crippen molar-refractivity contribution in [2.24, 2.45) is 5.73 Å². The van der Waals surface area contributed by atoms with Gasteiger partial charge in [-0.15, -0.1) is 0 Å². The number of hydrogen-bond donors (Lipinski definition) is 3. The lowest BCUT2D eigenvalue weighted by Gasteiger charge is -2.10. The molecule has 0 aromatic heterocycles. The van der Waals surface area contributed by atoms with Gasteiger partial charge in [0.2, 0.25) is 0 Å². The predicted octanol–water partition coefficient (Wildman–Crippen LogP) is 5.07. The zero-order valence-electron chi connectivity index (χ0n) is 15.4. The maximum Gasteiger partial charge on any atom is 0.469 e. The molecule has 0 aliphatic carbocycles. The Labute approximate surface area is 148 Å². The molecule has 0 aromatic rings. The summed E-state index contributed by atoms with van der Waals surface area (Å²) in [6.45, 7) is 2.14. The lowest BCUT2D eigenvalue weighted by Crippen LogP contribution is -2.24. The van der Waals surface area contributed by atoms with Gasteiger partial charge in [0.15, 0.2) is 0 Å². The first-order valence-electron chi connectivity index (χ1n) is 9.56. The van der Waals surface area contributed by atoms with Gasteiger partial charge in [-0.3, -0.25) is 4.52 Å². The van der Waals surface area contributed by atoms with E-state index in [1.807, 2.05) is 6.08 Å². The van der Waals surface area contributed by atoms with Gasteiger partial charge >= 0.3 is 7.82 Å². The Morgan fingerprint density at radius 2 is 1.42 bits per heavy atom. The van der Waals surface area contributed by atoms with Crippen LogP contribution >= 0.6 is 7.82 Å². The summed E-state index contributed by atoms with van der Waals surface area (Å²) >= 11 is 0. The van der Waals surface area contributed by atoms with Gasteiger partial charge in [-0.2, -0.15) is 0 Å². The van der Waals surface area contributed by atoms with Crippen molar-refractivity contribution in [2.45, 2.75) is 96.4 Å². The molecule has 0 aliphatic rings. The third-order valence-electron chi connectivity index (χ3n) is 4.04. The van der Waals surface area contributed by atoms with Gasteiger partial charge in [0, 0.05) is 6.04 Å². The average Bonchev–Trinajstić information content (AvgIpc) is 2.52. The van der Waals surface area contributed by atoms with E-state index in [1.165, 1.54) is 70.6 Å². The van der Waals surface area contributed by atoms with E-state index in [-0.39, 0.29) is 12.6 Å². The minimum Gasteiger partial charge on any atom is -0.325 e. The quantitative estimate of drug-likeness (QED) is 0.191. The number of hydrogen-bond acceptors (Lipinski definition) is 3. The number of phosphoric ester groups is 1. The second-order valence-electron chi connectivity index (χ2n) is 6.58. The molecule has 6 heteroatoms. The molecule has 1 atom stereocenters. The zero-order chi connectivity index (χ0) is 18.1. The average molecular weight is 363 g/mol. The van der Waals surface area contributed by atoms with Gasteiger partial charge in [0.25, 0.3) is 0 Å². The van der Waals surface area contributed by atoms with Crippen LogP contribution < -0.4 is 5.73 Å². The monoisotopic (exact) mass is 363 g/mol. The highest BCUT2D eigenvalue weighted by molar-refractivity contribution is 7.46. The van der Waals surface area contributed by atoms with Crippen LogP contribution in [0.25, 0.3) is 0 Å². The van der Waals surface area contributed by atoms with Crippen LogP contribution in [0.15, 0.2) is 12.2 Å². The second kappa shape index (κ2) is 16.3. The lowest BCUT2D eigenvalue weighted by molar-refractivity contribution is 0.186. The standard InChI is InChI=1S/C18H38NO4P/c1-2-3-4-5-6-7-8-9-10-11-12-13-14-15-16-18(19)17-23-24(20,21)22/h14-15,18H,2-13,16-17,19H2,1H3,(H2,20,21,22)/b15-14+/t18-/m1/s1. The molecule has 0 bridgehead atoms. The fourth-order valence-corrected chi connectivity index (χ4v) is 2.96. The Kier molecular flexibility index (Phi) is 16.2. The van der Waals surface area contributed by atoms with Crippen molar-refractivity contribution in [1.29, 1.82) is 0 Å². The van der Waals surface area contributed by atoms with Crippen LogP contribution in [-0.2, 0) is 9.09 Å². The molecule has 0 radical (unpaired) electrons. The molecule has 0 aromatic carbocycles. The van der Waals surface area contributed by atoms with Gasteiger partial charge in [-0.1, -0.05) is 83.3 Å². The first-order valence-corrected chi connectivity index (χ1v) is 11.1. The van der Waals surface area contributed by atoms with Crippen LogP contribution in [0, 0.1) is 0 Å². The van der Waals surface area contributed by atoms with E-state index in [1.54, 1.807) is 0 Å².